The molecule has 0 heterocycles. The number of nitrogens with zero attached hydrogens (tertiary/aromatic N) is 1. The average molecular weight is 187 g/mol. The second-order valence-corrected chi connectivity index (χ2v) is 3.16. The van der Waals surface area contributed by atoms with Gasteiger partial charge >= 0.3 is 0 Å². The molecule has 2 nitrogen and oxygen atoms in total. The first kappa shape index (κ1) is 15.0. The molecule has 0 saturated heterocycles. The Morgan fingerprint density at radius 1 is 1.15 bits per heavy atom. The Morgan fingerprint density at radius 2 is 1.54 bits per heavy atom. The van der Waals surface area contributed by atoms with Crippen molar-refractivity contribution in [3.63, 3.8) is 0 Å². The molecule has 2 heteroatoms. The van der Waals surface area contributed by atoms with E-state index >= 15 is 0 Å². The summed E-state index contributed by atoms with van der Waals surface area (Å²) in [6, 6.07) is 0. The van der Waals surface area contributed by atoms with Gasteiger partial charge in [-0.15, -0.1) is 0 Å². The van der Waals surface area contributed by atoms with Gasteiger partial charge in [-0.2, -0.15) is 0 Å². The lowest BCUT2D eigenvalue weighted by Crippen LogP contribution is -2.31. The van der Waals surface area contributed by atoms with Gasteiger partial charge in [-0.3, -0.25) is 4.79 Å². The Balaban J connectivity index is 0. The Labute approximate surface area is 83.3 Å². The second kappa shape index (κ2) is 9.56. The van der Waals surface area contributed by atoms with Gasteiger partial charge in [-0.05, 0) is 19.8 Å². The summed E-state index contributed by atoms with van der Waals surface area (Å²) in [6.07, 6.45) is 0.682. The van der Waals surface area contributed by atoms with E-state index < -0.39 is 0 Å². The summed E-state index contributed by atoms with van der Waals surface area (Å²) in [6.45, 7) is 13.8. The summed E-state index contributed by atoms with van der Waals surface area (Å²) in [5.74, 6) is 0.758. The number of amides is 1. The fourth-order valence-corrected chi connectivity index (χ4v) is 1.05. The molecule has 0 N–H and O–H groups in total. The van der Waals surface area contributed by atoms with Gasteiger partial charge < -0.3 is 4.90 Å². The fraction of sp³-hybridized carbons (Fsp3) is 0.909. The summed E-state index contributed by atoms with van der Waals surface area (Å²) in [4.78, 5) is 13.2. The maximum atomic E-state index is 11.3. The first-order chi connectivity index (χ1) is 6.11. The van der Waals surface area contributed by atoms with Gasteiger partial charge in [0.1, 0.15) is 0 Å². The highest BCUT2D eigenvalue weighted by molar-refractivity contribution is 5.76. The molecule has 0 fully saturated rings. The van der Waals surface area contributed by atoms with E-state index in [2.05, 4.69) is 13.8 Å². The number of carbonyl (C=O) groups is 1. The fourth-order valence-electron chi connectivity index (χ4n) is 1.05. The van der Waals surface area contributed by atoms with Crippen LogP contribution in [0.4, 0.5) is 0 Å². The summed E-state index contributed by atoms with van der Waals surface area (Å²) >= 11 is 0. The normalized spacial score (nSPS) is 9.15. The monoisotopic (exact) mass is 187 g/mol. The van der Waals surface area contributed by atoms with E-state index in [1.165, 1.54) is 0 Å². The molecule has 0 aromatic rings. The minimum Gasteiger partial charge on any atom is -0.343 e. The van der Waals surface area contributed by atoms with Gasteiger partial charge in [-0.25, -0.2) is 0 Å². The highest BCUT2D eigenvalue weighted by atomic mass is 16.2. The molecule has 0 bridgehead atoms. The number of hydrogen-bond donors (Lipinski definition) is 0. The third kappa shape index (κ3) is 7.82. The zero-order valence-corrected chi connectivity index (χ0v) is 10.1. The maximum Gasteiger partial charge on any atom is 0.222 e. The van der Waals surface area contributed by atoms with Crippen LogP contribution in [0.2, 0.25) is 0 Å². The highest BCUT2D eigenvalue weighted by Gasteiger charge is 2.10. The van der Waals surface area contributed by atoms with E-state index in [1.54, 1.807) is 0 Å². The van der Waals surface area contributed by atoms with Crippen molar-refractivity contribution < 1.29 is 4.79 Å². The first-order valence-corrected chi connectivity index (χ1v) is 5.39. The average Bonchev–Trinajstić information content (AvgIpc) is 2.08. The maximum absolute atomic E-state index is 11.3. The smallest absolute Gasteiger partial charge is 0.222 e. The van der Waals surface area contributed by atoms with E-state index in [1.807, 2.05) is 32.6 Å². The first-order valence-electron chi connectivity index (χ1n) is 5.39. The molecule has 0 radical (unpaired) electrons. The highest BCUT2D eigenvalue weighted by Crippen LogP contribution is 2.03. The van der Waals surface area contributed by atoms with Crippen LogP contribution in [0.25, 0.3) is 0 Å². The van der Waals surface area contributed by atoms with E-state index in [9.17, 15) is 4.79 Å². The van der Waals surface area contributed by atoms with Crippen molar-refractivity contribution >= 4 is 5.91 Å². The molecule has 0 unspecified atom stereocenters. The van der Waals surface area contributed by atoms with Crippen LogP contribution in [0.5, 0.6) is 0 Å². The summed E-state index contributed by atoms with van der Waals surface area (Å²) in [7, 11) is 0. The van der Waals surface area contributed by atoms with Gasteiger partial charge in [0.05, 0.1) is 0 Å². The van der Waals surface area contributed by atoms with Crippen molar-refractivity contribution in [2.24, 2.45) is 5.92 Å². The van der Waals surface area contributed by atoms with Crippen LogP contribution in [0, 0.1) is 5.92 Å². The Morgan fingerprint density at radius 3 is 1.77 bits per heavy atom. The molecule has 0 atom stereocenters. The summed E-state index contributed by atoms with van der Waals surface area (Å²) in [5.41, 5.74) is 0. The van der Waals surface area contributed by atoms with E-state index in [-0.39, 0.29) is 5.91 Å². The van der Waals surface area contributed by atoms with Crippen molar-refractivity contribution in [3.05, 3.63) is 0 Å². The van der Waals surface area contributed by atoms with E-state index in [0.717, 1.165) is 13.1 Å². The molecule has 0 aliphatic carbocycles. The quantitative estimate of drug-likeness (QED) is 0.662. The summed E-state index contributed by atoms with van der Waals surface area (Å²) in [5, 5.41) is 0. The Hall–Kier alpha value is -0.530. The molecule has 0 rings (SSSR count). The summed E-state index contributed by atoms with van der Waals surface area (Å²) < 4.78 is 0. The molecular weight excluding hydrogens is 162 g/mol. The van der Waals surface area contributed by atoms with Crippen LogP contribution >= 0.6 is 0 Å². The van der Waals surface area contributed by atoms with Crippen molar-refractivity contribution in [2.75, 3.05) is 13.1 Å². The molecule has 0 aliphatic rings. The van der Waals surface area contributed by atoms with Crippen LogP contribution in [0.15, 0.2) is 0 Å². The van der Waals surface area contributed by atoms with E-state index in [0.29, 0.717) is 12.3 Å². The van der Waals surface area contributed by atoms with Crippen molar-refractivity contribution in [3.8, 4) is 0 Å². The third-order valence-corrected chi connectivity index (χ3v) is 1.70. The lowest BCUT2D eigenvalue weighted by molar-refractivity contribution is -0.131. The van der Waals surface area contributed by atoms with Crippen molar-refractivity contribution in [2.45, 2.75) is 48.0 Å². The standard InChI is InChI=1S/C9H19NO.C2H6/c1-5-10(6-2)9(11)7-8(3)4;1-2/h8H,5-7H2,1-4H3;1-2H3. The molecule has 80 valence electrons. The van der Waals surface area contributed by atoms with Crippen LogP contribution in [-0.2, 0) is 4.79 Å². The molecule has 13 heavy (non-hydrogen) atoms. The molecular formula is C11H25NO. The molecule has 0 aromatic carbocycles. The van der Waals surface area contributed by atoms with Crippen molar-refractivity contribution in [1.29, 1.82) is 0 Å². The minimum absolute atomic E-state index is 0.282. The lowest BCUT2D eigenvalue weighted by atomic mass is 10.1. The third-order valence-electron chi connectivity index (χ3n) is 1.70. The molecule has 1 amide bonds. The SMILES string of the molecule is CC.CCN(CC)C(=O)CC(C)C. The zero-order chi connectivity index (χ0) is 10.9. The number of rotatable bonds is 4. The molecule has 0 saturated carbocycles. The van der Waals surface area contributed by atoms with Gasteiger partial charge in [0.2, 0.25) is 5.91 Å². The Kier molecular flexibility index (Phi) is 11.0. The van der Waals surface area contributed by atoms with Gasteiger partial charge in [0.25, 0.3) is 0 Å². The van der Waals surface area contributed by atoms with Gasteiger partial charge in [0.15, 0.2) is 0 Å². The van der Waals surface area contributed by atoms with Crippen LogP contribution < -0.4 is 0 Å². The molecule has 0 spiro atoms. The minimum atomic E-state index is 0.282. The van der Waals surface area contributed by atoms with Crippen molar-refractivity contribution in [1.82, 2.24) is 4.90 Å². The van der Waals surface area contributed by atoms with Gasteiger partial charge in [0, 0.05) is 19.5 Å². The predicted octanol–water partition coefficient (Wildman–Crippen LogP) is 2.93. The van der Waals surface area contributed by atoms with Crippen LogP contribution in [0.3, 0.4) is 0 Å². The zero-order valence-electron chi connectivity index (χ0n) is 10.1. The second-order valence-electron chi connectivity index (χ2n) is 3.16. The predicted molar refractivity (Wildman–Crippen MR) is 58.7 cm³/mol. The van der Waals surface area contributed by atoms with Gasteiger partial charge in [-0.1, -0.05) is 27.7 Å². The number of hydrogen-bond acceptors (Lipinski definition) is 1. The molecule has 0 aliphatic heterocycles. The largest absolute Gasteiger partial charge is 0.343 e. The number of carbonyl (C=O) groups excluding carboxylic acids is 1. The topological polar surface area (TPSA) is 20.3 Å². The molecule has 0 aromatic heterocycles. The lowest BCUT2D eigenvalue weighted by Gasteiger charge is -2.19. The van der Waals surface area contributed by atoms with E-state index in [4.69, 9.17) is 0 Å². The Bertz CT molecular complexity index is 117. The van der Waals surface area contributed by atoms with Crippen LogP contribution in [0.1, 0.15) is 48.0 Å². The van der Waals surface area contributed by atoms with Crippen LogP contribution in [-0.4, -0.2) is 23.9 Å².